The highest BCUT2D eigenvalue weighted by Crippen LogP contribution is 2.43. The Morgan fingerprint density at radius 1 is 0.905 bits per heavy atom. The molecule has 1 heterocycles. The van der Waals surface area contributed by atoms with Gasteiger partial charge in [-0.25, -0.2) is 0 Å². The number of fused-ring (bicyclic) bond motifs is 1. The Balaban J connectivity index is 2.02. The van der Waals surface area contributed by atoms with Crippen molar-refractivity contribution in [2.45, 2.75) is 18.6 Å². The van der Waals surface area contributed by atoms with Crippen LogP contribution in [0.1, 0.15) is 17.2 Å². The summed E-state index contributed by atoms with van der Waals surface area (Å²) >= 11 is 0. The number of phenolic OH excluding ortho intramolecular Hbond substituents is 4. The van der Waals surface area contributed by atoms with Crippen molar-refractivity contribution in [3.63, 3.8) is 0 Å². The molecule has 2 aromatic carbocycles. The van der Waals surface area contributed by atoms with Gasteiger partial charge >= 0.3 is 0 Å². The summed E-state index contributed by atoms with van der Waals surface area (Å²) in [4.78, 5) is 0. The second-order valence-corrected chi connectivity index (χ2v) is 4.99. The highest BCUT2D eigenvalue weighted by molar-refractivity contribution is 5.52. The molecule has 6 heteroatoms. The van der Waals surface area contributed by atoms with Crippen LogP contribution in [-0.2, 0) is 6.42 Å². The van der Waals surface area contributed by atoms with Gasteiger partial charge in [-0.05, 0) is 12.1 Å². The lowest BCUT2D eigenvalue weighted by molar-refractivity contribution is 0.0185. The fourth-order valence-corrected chi connectivity index (χ4v) is 2.50. The van der Waals surface area contributed by atoms with Crippen molar-refractivity contribution >= 4 is 0 Å². The van der Waals surface area contributed by atoms with Crippen LogP contribution in [-0.4, -0.2) is 31.6 Å². The second-order valence-electron chi connectivity index (χ2n) is 4.99. The summed E-state index contributed by atoms with van der Waals surface area (Å²) in [5.41, 5.74) is 0.712. The number of ether oxygens (including phenoxy) is 1. The van der Waals surface area contributed by atoms with E-state index in [9.17, 15) is 25.5 Å². The predicted molar refractivity (Wildman–Crippen MR) is 72.6 cm³/mol. The van der Waals surface area contributed by atoms with Gasteiger partial charge in [0, 0.05) is 35.7 Å². The molecule has 5 N–H and O–H groups in total. The van der Waals surface area contributed by atoms with Gasteiger partial charge in [0.15, 0.2) is 6.10 Å². The molecule has 0 saturated heterocycles. The molecule has 0 fully saturated rings. The van der Waals surface area contributed by atoms with Crippen LogP contribution >= 0.6 is 0 Å². The van der Waals surface area contributed by atoms with Gasteiger partial charge in [0.2, 0.25) is 0 Å². The number of benzene rings is 2. The van der Waals surface area contributed by atoms with E-state index in [1.165, 1.54) is 24.3 Å². The summed E-state index contributed by atoms with van der Waals surface area (Å²) in [6, 6.07) is 6.49. The van der Waals surface area contributed by atoms with E-state index in [-0.39, 0.29) is 35.2 Å². The van der Waals surface area contributed by atoms with Gasteiger partial charge in [-0.3, -0.25) is 0 Å². The van der Waals surface area contributed by atoms with Crippen LogP contribution in [0.15, 0.2) is 30.3 Å². The Bertz CT molecular complexity index is 697. The Morgan fingerprint density at radius 2 is 1.62 bits per heavy atom. The highest BCUT2D eigenvalue weighted by Gasteiger charge is 2.33. The van der Waals surface area contributed by atoms with Crippen molar-refractivity contribution < 1.29 is 30.3 Å². The first-order valence-electron chi connectivity index (χ1n) is 6.37. The van der Waals surface area contributed by atoms with Gasteiger partial charge < -0.3 is 30.3 Å². The minimum Gasteiger partial charge on any atom is -0.508 e. The molecule has 2 unspecified atom stereocenters. The van der Waals surface area contributed by atoms with Crippen LogP contribution in [0.5, 0.6) is 28.7 Å². The molecule has 1 aliphatic rings. The number of aliphatic hydroxyl groups excluding tert-OH is 1. The van der Waals surface area contributed by atoms with Crippen molar-refractivity contribution in [1.29, 1.82) is 0 Å². The van der Waals surface area contributed by atoms with Crippen LogP contribution in [0, 0.1) is 0 Å². The number of rotatable bonds is 1. The molecule has 21 heavy (non-hydrogen) atoms. The first-order chi connectivity index (χ1) is 9.95. The van der Waals surface area contributed by atoms with Crippen LogP contribution < -0.4 is 4.74 Å². The predicted octanol–water partition coefficient (Wildman–Crippen LogP) is 1.55. The number of phenols is 4. The Labute approximate surface area is 120 Å². The van der Waals surface area contributed by atoms with Gasteiger partial charge in [0.1, 0.15) is 28.7 Å². The monoisotopic (exact) mass is 290 g/mol. The van der Waals surface area contributed by atoms with E-state index in [4.69, 9.17) is 4.74 Å². The molecular weight excluding hydrogens is 276 g/mol. The molecule has 2 aromatic rings. The standard InChI is InChI=1S/C15H14O6/c16-7-1-2-9(11(18)3-7)15-13(20)6-10-12(19)4-8(17)5-14(10)21-15/h1-5,13,15-20H,6H2. The molecule has 0 amide bonds. The van der Waals surface area contributed by atoms with Gasteiger partial charge in [-0.2, -0.15) is 0 Å². The molecule has 3 rings (SSSR count). The highest BCUT2D eigenvalue weighted by atomic mass is 16.5. The number of aliphatic hydroxyl groups is 1. The average molecular weight is 290 g/mol. The van der Waals surface area contributed by atoms with Crippen LogP contribution in [0.25, 0.3) is 0 Å². The van der Waals surface area contributed by atoms with E-state index in [0.29, 0.717) is 11.1 Å². The van der Waals surface area contributed by atoms with Gasteiger partial charge in [-0.1, -0.05) is 0 Å². The van der Waals surface area contributed by atoms with Crippen LogP contribution in [0.3, 0.4) is 0 Å². The van der Waals surface area contributed by atoms with Gasteiger partial charge in [0.25, 0.3) is 0 Å². The summed E-state index contributed by atoms with van der Waals surface area (Å²) < 4.78 is 5.60. The molecule has 1 aliphatic heterocycles. The largest absolute Gasteiger partial charge is 0.508 e. The van der Waals surface area contributed by atoms with Crippen molar-refractivity contribution in [3.05, 3.63) is 41.5 Å². The van der Waals surface area contributed by atoms with Crippen LogP contribution in [0.2, 0.25) is 0 Å². The summed E-state index contributed by atoms with van der Waals surface area (Å²) in [5, 5.41) is 48.6. The third-order valence-electron chi connectivity index (χ3n) is 3.51. The molecular formula is C15H14O6. The Morgan fingerprint density at radius 3 is 2.33 bits per heavy atom. The number of aromatic hydroxyl groups is 4. The smallest absolute Gasteiger partial charge is 0.153 e. The minimum atomic E-state index is -0.983. The van der Waals surface area contributed by atoms with E-state index in [0.717, 1.165) is 6.07 Å². The third kappa shape index (κ3) is 2.30. The summed E-state index contributed by atoms with van der Waals surface area (Å²) in [6.07, 6.45) is -1.73. The van der Waals surface area contributed by atoms with Crippen molar-refractivity contribution in [1.82, 2.24) is 0 Å². The first-order valence-corrected chi connectivity index (χ1v) is 6.37. The van der Waals surface area contributed by atoms with E-state index >= 15 is 0 Å². The lowest BCUT2D eigenvalue weighted by atomic mass is 9.93. The third-order valence-corrected chi connectivity index (χ3v) is 3.51. The Kier molecular flexibility index (Phi) is 3.03. The Hall–Kier alpha value is -2.60. The van der Waals surface area contributed by atoms with Gasteiger partial charge in [-0.15, -0.1) is 0 Å². The zero-order valence-electron chi connectivity index (χ0n) is 10.9. The van der Waals surface area contributed by atoms with E-state index in [1.54, 1.807) is 0 Å². The molecule has 2 atom stereocenters. The molecule has 0 radical (unpaired) electrons. The van der Waals surface area contributed by atoms with E-state index in [2.05, 4.69) is 0 Å². The molecule has 0 aliphatic carbocycles. The first kappa shape index (κ1) is 13.4. The molecule has 0 aromatic heterocycles. The maximum atomic E-state index is 10.2. The summed E-state index contributed by atoms with van der Waals surface area (Å²) in [5.74, 6) is -0.367. The van der Waals surface area contributed by atoms with Crippen molar-refractivity contribution in [3.8, 4) is 28.7 Å². The van der Waals surface area contributed by atoms with Gasteiger partial charge in [0.05, 0.1) is 6.10 Å². The maximum absolute atomic E-state index is 10.2. The second kappa shape index (κ2) is 4.75. The zero-order chi connectivity index (χ0) is 15.1. The SMILES string of the molecule is Oc1ccc(C2Oc3cc(O)cc(O)c3CC2O)c(O)c1. The molecule has 0 spiro atoms. The van der Waals surface area contributed by atoms with E-state index < -0.39 is 12.2 Å². The number of hydrogen-bond donors (Lipinski definition) is 5. The topological polar surface area (TPSA) is 110 Å². The van der Waals surface area contributed by atoms with Crippen molar-refractivity contribution in [2.24, 2.45) is 0 Å². The quantitative estimate of drug-likeness (QED) is 0.545. The normalized spacial score (nSPS) is 20.6. The summed E-state index contributed by atoms with van der Waals surface area (Å²) in [6.45, 7) is 0. The minimum absolute atomic E-state index is 0.0998. The molecule has 0 bridgehead atoms. The fraction of sp³-hybridized carbons (Fsp3) is 0.200. The lowest BCUT2D eigenvalue weighted by Gasteiger charge is -2.31. The summed E-state index contributed by atoms with van der Waals surface area (Å²) in [7, 11) is 0. The maximum Gasteiger partial charge on any atom is 0.153 e. The zero-order valence-corrected chi connectivity index (χ0v) is 10.9. The average Bonchev–Trinajstić information content (AvgIpc) is 2.39. The van der Waals surface area contributed by atoms with Crippen molar-refractivity contribution in [2.75, 3.05) is 0 Å². The lowest BCUT2D eigenvalue weighted by Crippen LogP contribution is -2.30. The number of hydrogen-bond acceptors (Lipinski definition) is 6. The molecule has 0 saturated carbocycles. The van der Waals surface area contributed by atoms with E-state index in [1.807, 2.05) is 0 Å². The van der Waals surface area contributed by atoms with Crippen LogP contribution in [0.4, 0.5) is 0 Å². The molecule has 110 valence electrons. The molecule has 6 nitrogen and oxygen atoms in total. The fourth-order valence-electron chi connectivity index (χ4n) is 2.50.